The van der Waals surface area contributed by atoms with E-state index in [1.54, 1.807) is 31.2 Å². The molecule has 0 aliphatic rings. The van der Waals surface area contributed by atoms with E-state index in [2.05, 4.69) is 15.9 Å². The second-order valence-electron chi connectivity index (χ2n) is 4.23. The fourth-order valence-electron chi connectivity index (χ4n) is 1.67. The maximum absolute atomic E-state index is 12.0. The minimum atomic E-state index is -3.55. The van der Waals surface area contributed by atoms with Crippen molar-refractivity contribution in [2.45, 2.75) is 12.7 Å². The highest BCUT2D eigenvalue weighted by Crippen LogP contribution is 2.14. The number of nitriles is 1. The summed E-state index contributed by atoms with van der Waals surface area (Å²) in [5, 5.41) is 8.58. The molecule has 108 valence electrons. The van der Waals surface area contributed by atoms with Gasteiger partial charge >= 0.3 is 0 Å². The summed E-state index contributed by atoms with van der Waals surface area (Å²) in [5.41, 5.74) is 0.621. The van der Waals surface area contributed by atoms with E-state index in [1.165, 1.54) is 4.90 Å². The molecule has 0 N–H and O–H groups in total. The summed E-state index contributed by atoms with van der Waals surface area (Å²) in [7, 11) is -3.55. The van der Waals surface area contributed by atoms with Gasteiger partial charge in [-0.3, -0.25) is 4.79 Å². The minimum absolute atomic E-state index is 0.0955. The van der Waals surface area contributed by atoms with Crippen LogP contribution in [0.2, 0.25) is 0 Å². The van der Waals surface area contributed by atoms with Gasteiger partial charge in [0.1, 0.15) is 12.3 Å². The molecule has 0 radical (unpaired) electrons. The van der Waals surface area contributed by atoms with E-state index in [0.29, 0.717) is 12.1 Å². The van der Waals surface area contributed by atoms with Gasteiger partial charge in [0.2, 0.25) is 5.91 Å². The molecule has 0 saturated carbocycles. The Bertz CT molecular complexity index is 623. The lowest BCUT2D eigenvalue weighted by Crippen LogP contribution is -2.36. The fourth-order valence-corrected chi connectivity index (χ4v) is 3.47. The molecular weight excluding hydrogens is 344 g/mol. The lowest BCUT2D eigenvalue weighted by molar-refractivity contribution is -0.127. The number of sulfone groups is 1. The first-order chi connectivity index (χ1) is 9.38. The van der Waals surface area contributed by atoms with Crippen LogP contribution in [-0.4, -0.2) is 38.1 Å². The summed E-state index contributed by atoms with van der Waals surface area (Å²) in [4.78, 5) is 13.0. The molecule has 0 aliphatic heterocycles. The van der Waals surface area contributed by atoms with E-state index in [0.717, 1.165) is 4.47 Å². The smallest absolute Gasteiger partial charge is 0.238 e. The van der Waals surface area contributed by atoms with Gasteiger partial charge in [0, 0.05) is 11.0 Å². The Morgan fingerprint density at radius 2 is 2.15 bits per heavy atom. The number of carbonyl (C=O) groups excluding carboxylic acids is 1. The van der Waals surface area contributed by atoms with Crippen LogP contribution in [0.1, 0.15) is 12.5 Å². The zero-order valence-corrected chi connectivity index (χ0v) is 13.4. The average molecular weight is 359 g/mol. The first-order valence-corrected chi connectivity index (χ1v) is 8.59. The molecule has 5 nitrogen and oxygen atoms in total. The number of benzene rings is 1. The molecule has 1 aromatic rings. The zero-order chi connectivity index (χ0) is 15.2. The normalized spacial score (nSPS) is 10.8. The van der Waals surface area contributed by atoms with Gasteiger partial charge in [-0.1, -0.05) is 28.1 Å². The SMILES string of the molecule is CCN(CC#N)C(=O)CS(=O)(=O)Cc1cccc(Br)c1. The topological polar surface area (TPSA) is 78.2 Å². The molecule has 0 aliphatic carbocycles. The maximum atomic E-state index is 12.0. The Labute approximate surface area is 127 Å². The Hall–Kier alpha value is -1.39. The third kappa shape index (κ3) is 5.31. The van der Waals surface area contributed by atoms with Crippen molar-refractivity contribution < 1.29 is 13.2 Å². The zero-order valence-electron chi connectivity index (χ0n) is 11.0. The monoisotopic (exact) mass is 358 g/mol. The predicted octanol–water partition coefficient (Wildman–Crippen LogP) is 1.74. The summed E-state index contributed by atoms with van der Waals surface area (Å²) in [6.45, 7) is 1.93. The molecule has 0 fully saturated rings. The van der Waals surface area contributed by atoms with Gasteiger partial charge in [0.25, 0.3) is 0 Å². The van der Waals surface area contributed by atoms with Crippen molar-refractivity contribution in [2.75, 3.05) is 18.8 Å². The van der Waals surface area contributed by atoms with Crippen molar-refractivity contribution in [3.8, 4) is 6.07 Å². The maximum Gasteiger partial charge on any atom is 0.238 e. The standard InChI is InChI=1S/C13H15BrN2O3S/c1-2-16(7-6-15)13(17)10-20(18,19)9-11-4-3-5-12(14)8-11/h3-5,8H,2,7,9-10H2,1H3. The Balaban J connectivity index is 2.75. The van der Waals surface area contributed by atoms with Crippen LogP contribution in [0.15, 0.2) is 28.7 Å². The van der Waals surface area contributed by atoms with Crippen molar-refractivity contribution in [3.05, 3.63) is 34.3 Å². The van der Waals surface area contributed by atoms with Gasteiger partial charge in [0.05, 0.1) is 11.8 Å². The number of rotatable bonds is 6. The highest BCUT2D eigenvalue weighted by molar-refractivity contribution is 9.10. The third-order valence-corrected chi connectivity index (χ3v) is 4.57. The molecule has 0 heterocycles. The lowest BCUT2D eigenvalue weighted by atomic mass is 10.2. The quantitative estimate of drug-likeness (QED) is 0.725. The number of hydrogen-bond donors (Lipinski definition) is 0. The second kappa shape index (κ2) is 7.41. The molecular formula is C13H15BrN2O3S. The molecule has 1 aromatic carbocycles. The van der Waals surface area contributed by atoms with Crippen molar-refractivity contribution >= 4 is 31.7 Å². The summed E-state index contributed by atoms with van der Waals surface area (Å²) < 4.78 is 24.8. The first-order valence-electron chi connectivity index (χ1n) is 5.97. The molecule has 1 amide bonds. The molecule has 0 saturated heterocycles. The van der Waals surface area contributed by atoms with Gasteiger partial charge < -0.3 is 4.90 Å². The largest absolute Gasteiger partial charge is 0.329 e. The van der Waals surface area contributed by atoms with E-state index >= 15 is 0 Å². The van der Waals surface area contributed by atoms with Crippen molar-refractivity contribution in [2.24, 2.45) is 0 Å². The summed E-state index contributed by atoms with van der Waals surface area (Å²) >= 11 is 3.27. The highest BCUT2D eigenvalue weighted by atomic mass is 79.9. The Kier molecular flexibility index (Phi) is 6.17. The Morgan fingerprint density at radius 3 is 2.70 bits per heavy atom. The highest BCUT2D eigenvalue weighted by Gasteiger charge is 2.21. The van der Waals surface area contributed by atoms with Gasteiger partial charge in [0.15, 0.2) is 9.84 Å². The van der Waals surface area contributed by atoms with Crippen LogP contribution < -0.4 is 0 Å². The molecule has 20 heavy (non-hydrogen) atoms. The lowest BCUT2D eigenvalue weighted by Gasteiger charge is -2.17. The molecule has 7 heteroatoms. The minimum Gasteiger partial charge on any atom is -0.329 e. The number of nitrogens with zero attached hydrogens (tertiary/aromatic N) is 2. The number of halogens is 1. The van der Waals surface area contributed by atoms with Gasteiger partial charge in [-0.15, -0.1) is 0 Å². The van der Waals surface area contributed by atoms with Crippen molar-refractivity contribution in [1.29, 1.82) is 5.26 Å². The van der Waals surface area contributed by atoms with Crippen molar-refractivity contribution in [3.63, 3.8) is 0 Å². The fraction of sp³-hybridized carbons (Fsp3) is 0.385. The van der Waals surface area contributed by atoms with Crippen LogP contribution >= 0.6 is 15.9 Å². The summed E-state index contributed by atoms with van der Waals surface area (Å²) in [6.07, 6.45) is 0. The predicted molar refractivity (Wildman–Crippen MR) is 79.5 cm³/mol. The number of amides is 1. The van der Waals surface area contributed by atoms with Crippen LogP contribution in [0.3, 0.4) is 0 Å². The molecule has 0 spiro atoms. The molecule has 0 atom stereocenters. The summed E-state index contributed by atoms with van der Waals surface area (Å²) in [5.74, 6) is -1.30. The average Bonchev–Trinajstić information content (AvgIpc) is 2.34. The van der Waals surface area contributed by atoms with Crippen molar-refractivity contribution in [1.82, 2.24) is 4.90 Å². The number of hydrogen-bond acceptors (Lipinski definition) is 4. The molecule has 0 aromatic heterocycles. The Morgan fingerprint density at radius 1 is 1.45 bits per heavy atom. The van der Waals surface area contributed by atoms with Crippen LogP contribution in [0.4, 0.5) is 0 Å². The van der Waals surface area contributed by atoms with E-state index in [4.69, 9.17) is 5.26 Å². The van der Waals surface area contributed by atoms with E-state index in [-0.39, 0.29) is 12.3 Å². The van der Waals surface area contributed by atoms with E-state index < -0.39 is 21.5 Å². The van der Waals surface area contributed by atoms with E-state index in [1.807, 2.05) is 6.07 Å². The van der Waals surface area contributed by atoms with Crippen LogP contribution in [0.5, 0.6) is 0 Å². The molecule has 0 unspecified atom stereocenters. The van der Waals surface area contributed by atoms with Crippen LogP contribution in [0.25, 0.3) is 0 Å². The van der Waals surface area contributed by atoms with Gasteiger partial charge in [-0.05, 0) is 24.6 Å². The molecule has 1 rings (SSSR count). The second-order valence-corrected chi connectivity index (χ2v) is 7.21. The molecule has 0 bridgehead atoms. The van der Waals surface area contributed by atoms with Crippen LogP contribution in [0, 0.1) is 11.3 Å². The summed E-state index contributed by atoms with van der Waals surface area (Å²) in [6, 6.07) is 8.78. The third-order valence-electron chi connectivity index (χ3n) is 2.61. The van der Waals surface area contributed by atoms with E-state index in [9.17, 15) is 13.2 Å². The van der Waals surface area contributed by atoms with Crippen LogP contribution in [-0.2, 0) is 20.4 Å². The van der Waals surface area contributed by atoms with Gasteiger partial charge in [-0.2, -0.15) is 5.26 Å². The van der Waals surface area contributed by atoms with Gasteiger partial charge in [-0.25, -0.2) is 8.42 Å². The first kappa shape index (κ1) is 16.7. The number of carbonyl (C=O) groups is 1.